The minimum Gasteiger partial charge on any atom is -0.465 e. The zero-order chi connectivity index (χ0) is 18.1. The molecule has 0 aliphatic rings. The maximum absolute atomic E-state index is 12.6. The normalized spacial score (nSPS) is 11.0. The van der Waals surface area contributed by atoms with Gasteiger partial charge in [0.1, 0.15) is 11.2 Å². The summed E-state index contributed by atoms with van der Waals surface area (Å²) in [7, 11) is 1.41. The van der Waals surface area contributed by atoms with E-state index in [1.807, 2.05) is 13.2 Å². The molecule has 0 atom stereocenters. The molecule has 3 aromatic heterocycles. The van der Waals surface area contributed by atoms with Gasteiger partial charge >= 0.3 is 6.09 Å². The Morgan fingerprint density at radius 3 is 2.76 bits per heavy atom. The summed E-state index contributed by atoms with van der Waals surface area (Å²) in [6.45, 7) is 2.25. The first-order valence-electron chi connectivity index (χ1n) is 7.44. The minimum absolute atomic E-state index is 0.219. The van der Waals surface area contributed by atoms with Gasteiger partial charge in [-0.05, 0) is 25.3 Å². The van der Waals surface area contributed by atoms with Gasteiger partial charge in [0.05, 0.1) is 0 Å². The van der Waals surface area contributed by atoms with E-state index in [1.54, 1.807) is 22.9 Å². The highest BCUT2D eigenvalue weighted by atomic mass is 32.2. The molecule has 9 nitrogen and oxygen atoms in total. The van der Waals surface area contributed by atoms with Crippen molar-refractivity contribution in [3.05, 3.63) is 34.7 Å². The fourth-order valence-corrected chi connectivity index (χ4v) is 2.78. The third-order valence-corrected chi connectivity index (χ3v) is 4.26. The number of hydrogen-bond acceptors (Lipinski definition) is 6. The van der Waals surface area contributed by atoms with Gasteiger partial charge in [-0.3, -0.25) is 9.69 Å². The Hall–Kier alpha value is -2.88. The second-order valence-corrected chi connectivity index (χ2v) is 5.90. The van der Waals surface area contributed by atoms with Gasteiger partial charge in [0.25, 0.3) is 5.56 Å². The van der Waals surface area contributed by atoms with Crippen LogP contribution in [0.4, 0.5) is 10.6 Å². The Balaban J connectivity index is 2.29. The van der Waals surface area contributed by atoms with Crippen LogP contribution in [-0.4, -0.2) is 48.8 Å². The summed E-state index contributed by atoms with van der Waals surface area (Å²) in [5.74, 6) is 0.659. The van der Waals surface area contributed by atoms with Gasteiger partial charge in [-0.25, -0.2) is 29.1 Å². The van der Waals surface area contributed by atoms with Crippen molar-refractivity contribution >= 4 is 34.7 Å². The van der Waals surface area contributed by atoms with Crippen LogP contribution in [0.2, 0.25) is 0 Å². The third-order valence-electron chi connectivity index (χ3n) is 3.70. The van der Waals surface area contributed by atoms with Gasteiger partial charge in [-0.1, -0.05) is 17.8 Å². The number of carboxylic acid groups (broad SMARTS) is 1. The van der Waals surface area contributed by atoms with Crippen LogP contribution in [-0.2, 0) is 6.54 Å². The molecule has 10 heteroatoms. The maximum Gasteiger partial charge on any atom is 0.412 e. The van der Waals surface area contributed by atoms with Gasteiger partial charge in [-0.15, -0.1) is 0 Å². The summed E-state index contributed by atoms with van der Waals surface area (Å²) < 4.78 is 3.09. The number of nitrogens with zero attached hydrogens (tertiary/aromatic N) is 6. The number of amides is 1. The molecule has 0 aromatic carbocycles. The van der Waals surface area contributed by atoms with Crippen LogP contribution in [0, 0.1) is 0 Å². The summed E-state index contributed by atoms with van der Waals surface area (Å²) in [6.07, 6.45) is 2.23. The van der Waals surface area contributed by atoms with E-state index >= 15 is 0 Å². The summed E-state index contributed by atoms with van der Waals surface area (Å²) in [6, 6.07) is 4.97. The predicted octanol–water partition coefficient (Wildman–Crippen LogP) is 1.83. The minimum atomic E-state index is -1.12. The van der Waals surface area contributed by atoms with Gasteiger partial charge in [0, 0.05) is 19.8 Å². The molecule has 0 saturated carbocycles. The van der Waals surface area contributed by atoms with E-state index in [1.165, 1.54) is 29.7 Å². The average Bonchev–Trinajstić information content (AvgIpc) is 2.92. The number of aromatic nitrogens is 5. The first kappa shape index (κ1) is 17.0. The zero-order valence-electron chi connectivity index (χ0n) is 13.9. The first-order valence-corrected chi connectivity index (χ1v) is 8.67. The van der Waals surface area contributed by atoms with Crippen molar-refractivity contribution in [1.82, 2.24) is 24.3 Å². The van der Waals surface area contributed by atoms with Gasteiger partial charge in [0.15, 0.2) is 16.6 Å². The lowest BCUT2D eigenvalue weighted by atomic mass is 10.4. The number of fused-ring (bicyclic) bond motifs is 1. The van der Waals surface area contributed by atoms with Crippen LogP contribution in [0.3, 0.4) is 0 Å². The van der Waals surface area contributed by atoms with Crippen molar-refractivity contribution in [1.29, 1.82) is 0 Å². The average molecular weight is 360 g/mol. The van der Waals surface area contributed by atoms with Gasteiger partial charge in [0.2, 0.25) is 0 Å². The molecule has 0 spiro atoms. The summed E-state index contributed by atoms with van der Waals surface area (Å²) in [5.41, 5.74) is 0.220. The molecule has 0 radical (unpaired) electrons. The van der Waals surface area contributed by atoms with Crippen molar-refractivity contribution in [3.8, 4) is 5.82 Å². The van der Waals surface area contributed by atoms with Crippen LogP contribution in [0.15, 0.2) is 34.3 Å². The molecular weight excluding hydrogens is 344 g/mol. The summed E-state index contributed by atoms with van der Waals surface area (Å²) in [4.78, 5) is 37.7. The van der Waals surface area contributed by atoms with E-state index < -0.39 is 6.09 Å². The molecule has 3 heterocycles. The second-order valence-electron chi connectivity index (χ2n) is 5.12. The van der Waals surface area contributed by atoms with Crippen molar-refractivity contribution in [2.45, 2.75) is 18.6 Å². The molecule has 130 valence electrons. The molecule has 1 N–H and O–H groups in total. The smallest absolute Gasteiger partial charge is 0.412 e. The van der Waals surface area contributed by atoms with Crippen molar-refractivity contribution in [2.75, 3.05) is 18.2 Å². The molecule has 0 bridgehead atoms. The lowest BCUT2D eigenvalue weighted by Gasteiger charge is -2.15. The number of hydrogen-bond donors (Lipinski definition) is 1. The third kappa shape index (κ3) is 2.84. The fraction of sp³-hybridized carbons (Fsp3) is 0.267. The van der Waals surface area contributed by atoms with E-state index in [-0.39, 0.29) is 11.4 Å². The zero-order valence-corrected chi connectivity index (χ0v) is 14.7. The number of carbonyl (C=O) groups is 1. The highest BCUT2D eigenvalue weighted by Crippen LogP contribution is 2.19. The van der Waals surface area contributed by atoms with E-state index in [4.69, 9.17) is 5.11 Å². The SMILES string of the molecule is CCn1c(=O)c2cnc(SC)nc2n1-c1cccc(N(C)C(=O)O)n1. The Bertz CT molecular complexity index is 1010. The maximum atomic E-state index is 12.6. The van der Waals surface area contributed by atoms with Crippen LogP contribution in [0.25, 0.3) is 16.9 Å². The number of anilines is 1. The Kier molecular flexibility index (Phi) is 4.45. The molecule has 25 heavy (non-hydrogen) atoms. The topological polar surface area (TPSA) is 106 Å². The lowest BCUT2D eigenvalue weighted by molar-refractivity contribution is 0.203. The summed E-state index contributed by atoms with van der Waals surface area (Å²) in [5, 5.41) is 10.1. The lowest BCUT2D eigenvalue weighted by Crippen LogP contribution is -2.26. The van der Waals surface area contributed by atoms with E-state index in [9.17, 15) is 9.59 Å². The van der Waals surface area contributed by atoms with Gasteiger partial charge in [-0.2, -0.15) is 0 Å². The Morgan fingerprint density at radius 2 is 2.12 bits per heavy atom. The molecule has 0 fully saturated rings. The highest BCUT2D eigenvalue weighted by Gasteiger charge is 2.18. The summed E-state index contributed by atoms with van der Waals surface area (Å²) >= 11 is 1.37. The molecule has 0 aliphatic carbocycles. The molecule has 3 aromatic rings. The first-order chi connectivity index (χ1) is 12.0. The van der Waals surface area contributed by atoms with Gasteiger partial charge < -0.3 is 5.11 Å². The van der Waals surface area contributed by atoms with Crippen LogP contribution >= 0.6 is 11.8 Å². The van der Waals surface area contributed by atoms with Crippen LogP contribution in [0.5, 0.6) is 0 Å². The van der Waals surface area contributed by atoms with E-state index in [0.29, 0.717) is 28.6 Å². The number of pyridine rings is 1. The fourth-order valence-electron chi connectivity index (χ4n) is 2.44. The largest absolute Gasteiger partial charge is 0.465 e. The molecular formula is C15H16N6O3S. The predicted molar refractivity (Wildman–Crippen MR) is 94.8 cm³/mol. The Labute approximate surface area is 146 Å². The van der Waals surface area contributed by atoms with Crippen molar-refractivity contribution in [3.63, 3.8) is 0 Å². The van der Waals surface area contributed by atoms with Crippen molar-refractivity contribution < 1.29 is 9.90 Å². The quantitative estimate of drug-likeness (QED) is 0.559. The van der Waals surface area contributed by atoms with Crippen LogP contribution < -0.4 is 10.5 Å². The standard InChI is InChI=1S/C15H16N6O3S/c1-4-20-13(22)9-8-16-14(25-3)18-12(9)21(20)11-7-5-6-10(17-11)19(2)15(23)24/h5-8H,4H2,1-3H3,(H,23,24). The van der Waals surface area contributed by atoms with Crippen LogP contribution in [0.1, 0.15) is 6.92 Å². The molecule has 3 rings (SSSR count). The monoisotopic (exact) mass is 360 g/mol. The number of thioether (sulfide) groups is 1. The molecule has 0 unspecified atom stereocenters. The molecule has 0 saturated heterocycles. The second kappa shape index (κ2) is 6.55. The van der Waals surface area contributed by atoms with E-state index in [2.05, 4.69) is 15.0 Å². The van der Waals surface area contributed by atoms with Crippen molar-refractivity contribution in [2.24, 2.45) is 0 Å². The number of rotatable bonds is 4. The van der Waals surface area contributed by atoms with E-state index in [0.717, 1.165) is 4.90 Å². The highest BCUT2D eigenvalue weighted by molar-refractivity contribution is 7.98. The molecule has 0 aliphatic heterocycles. The Morgan fingerprint density at radius 1 is 1.36 bits per heavy atom. The molecule has 1 amide bonds.